The lowest BCUT2D eigenvalue weighted by molar-refractivity contribution is 0.0793. The maximum atomic E-state index is 14.0. The van der Waals surface area contributed by atoms with Crippen LogP contribution >= 0.6 is 23.2 Å². The van der Waals surface area contributed by atoms with Gasteiger partial charge < -0.3 is 9.80 Å². The lowest BCUT2D eigenvalue weighted by Gasteiger charge is -2.31. The van der Waals surface area contributed by atoms with E-state index < -0.39 is 5.82 Å². The number of fused-ring (bicyclic) bond motifs is 1. The number of aromatic nitrogens is 2. The quantitative estimate of drug-likeness (QED) is 0.440. The molecule has 0 radical (unpaired) electrons. The van der Waals surface area contributed by atoms with Crippen molar-refractivity contribution < 1.29 is 9.18 Å². The number of nitrogens with zero attached hydrogens (tertiary/aromatic N) is 4. The molecule has 0 N–H and O–H groups in total. The van der Waals surface area contributed by atoms with Gasteiger partial charge in [0.25, 0.3) is 5.91 Å². The fraction of sp³-hybridized carbons (Fsp3) is 0.320. The molecule has 5 rings (SSSR count). The Kier molecular flexibility index (Phi) is 6.21. The average Bonchev–Trinajstić information content (AvgIpc) is 3.39. The normalized spacial score (nSPS) is 15.6. The van der Waals surface area contributed by atoms with Crippen LogP contribution in [0.15, 0.2) is 42.5 Å². The molecule has 0 unspecified atom stereocenters. The molecule has 0 aliphatic carbocycles. The van der Waals surface area contributed by atoms with Crippen LogP contribution in [0.5, 0.6) is 0 Å². The summed E-state index contributed by atoms with van der Waals surface area (Å²) in [4.78, 5) is 16.6. The van der Waals surface area contributed by atoms with Crippen molar-refractivity contribution in [3.8, 4) is 11.3 Å². The Hall–Kier alpha value is -2.70. The zero-order valence-electron chi connectivity index (χ0n) is 18.0. The van der Waals surface area contributed by atoms with Crippen LogP contribution in [0.4, 0.5) is 10.1 Å². The number of amides is 1. The third-order valence-electron chi connectivity index (χ3n) is 6.34. The molecule has 5 nitrogen and oxygen atoms in total. The molecule has 2 aliphatic rings. The number of rotatable bonds is 4. The molecule has 3 heterocycles. The smallest absolute Gasteiger partial charge is 0.253 e. The molecular weight excluding hydrogens is 462 g/mol. The van der Waals surface area contributed by atoms with Gasteiger partial charge in [0.1, 0.15) is 5.82 Å². The predicted molar refractivity (Wildman–Crippen MR) is 128 cm³/mol. The van der Waals surface area contributed by atoms with Crippen LogP contribution in [0.25, 0.3) is 11.3 Å². The number of halogens is 3. The van der Waals surface area contributed by atoms with E-state index in [0.717, 1.165) is 68.0 Å². The summed E-state index contributed by atoms with van der Waals surface area (Å²) in [6.45, 7) is 2.82. The molecule has 3 aromatic rings. The third-order valence-corrected chi connectivity index (χ3v) is 7.10. The van der Waals surface area contributed by atoms with E-state index >= 15 is 0 Å². The predicted octanol–water partition coefficient (Wildman–Crippen LogP) is 5.78. The number of carbonyl (C=O) groups is 1. The Morgan fingerprint density at radius 3 is 2.48 bits per heavy atom. The second-order valence-electron chi connectivity index (χ2n) is 8.49. The van der Waals surface area contributed by atoms with Crippen molar-refractivity contribution in [3.05, 3.63) is 75.1 Å². The van der Waals surface area contributed by atoms with Crippen LogP contribution in [0.3, 0.4) is 0 Å². The second kappa shape index (κ2) is 9.27. The van der Waals surface area contributed by atoms with Gasteiger partial charge in [-0.1, -0.05) is 35.3 Å². The minimum absolute atomic E-state index is 0.0510. The van der Waals surface area contributed by atoms with E-state index in [9.17, 15) is 9.18 Å². The third kappa shape index (κ3) is 4.42. The highest BCUT2D eigenvalue weighted by Gasteiger charge is 2.23. The van der Waals surface area contributed by atoms with Gasteiger partial charge in [-0.3, -0.25) is 4.79 Å². The fourth-order valence-electron chi connectivity index (χ4n) is 4.51. The molecule has 0 spiro atoms. The molecule has 8 heteroatoms. The lowest BCUT2D eigenvalue weighted by atomic mass is 10.0. The number of anilines is 1. The summed E-state index contributed by atoms with van der Waals surface area (Å²) in [5.74, 6) is -0.406. The first-order chi connectivity index (χ1) is 16.0. The van der Waals surface area contributed by atoms with E-state index in [1.165, 1.54) is 12.1 Å². The molecule has 0 atom stereocenters. The summed E-state index contributed by atoms with van der Waals surface area (Å²) in [5, 5.41) is 9.37. The van der Waals surface area contributed by atoms with E-state index in [2.05, 4.69) is 15.1 Å². The lowest BCUT2D eigenvalue weighted by Crippen LogP contribution is -2.30. The number of aryl methyl sites for hydroxylation is 1. The Bertz CT molecular complexity index is 1200. The van der Waals surface area contributed by atoms with Gasteiger partial charge in [-0.25, -0.2) is 4.39 Å². The van der Waals surface area contributed by atoms with Crippen LogP contribution < -0.4 is 4.90 Å². The highest BCUT2D eigenvalue weighted by molar-refractivity contribution is 6.36. The van der Waals surface area contributed by atoms with Gasteiger partial charge >= 0.3 is 0 Å². The molecule has 2 aliphatic heterocycles. The van der Waals surface area contributed by atoms with Crippen LogP contribution in [-0.4, -0.2) is 40.6 Å². The van der Waals surface area contributed by atoms with Gasteiger partial charge in [0, 0.05) is 47.9 Å². The van der Waals surface area contributed by atoms with Gasteiger partial charge in [0.15, 0.2) is 0 Å². The number of hydrogen-bond acceptors (Lipinski definition) is 4. The van der Waals surface area contributed by atoms with Crippen LogP contribution in [0, 0.1) is 5.82 Å². The molecule has 1 amide bonds. The Morgan fingerprint density at radius 1 is 0.970 bits per heavy atom. The summed E-state index contributed by atoms with van der Waals surface area (Å²) in [6, 6.07) is 12.3. The van der Waals surface area contributed by atoms with Gasteiger partial charge in [-0.05, 0) is 56.0 Å². The zero-order valence-corrected chi connectivity index (χ0v) is 19.5. The standard InChI is InChI=1S/C25H23Cl2FN4O/c26-19-9-10-20(28)24(27)18(19)15-32-13-3-4-21-23(32)14-22(30-29-21)16-5-7-17(8-6-16)25(33)31-11-1-2-12-31/h5-10,14H,1-4,11-13,15H2. The van der Waals surface area contributed by atoms with E-state index in [1.807, 2.05) is 35.2 Å². The van der Waals surface area contributed by atoms with Crippen LogP contribution in [-0.2, 0) is 13.0 Å². The highest BCUT2D eigenvalue weighted by atomic mass is 35.5. The van der Waals surface area contributed by atoms with E-state index in [-0.39, 0.29) is 10.9 Å². The van der Waals surface area contributed by atoms with Crippen LogP contribution in [0.2, 0.25) is 10.0 Å². The van der Waals surface area contributed by atoms with Gasteiger partial charge in [0.2, 0.25) is 0 Å². The summed E-state index contributed by atoms with van der Waals surface area (Å²) >= 11 is 12.5. The van der Waals surface area contributed by atoms with Crippen molar-refractivity contribution >= 4 is 34.8 Å². The first-order valence-corrected chi connectivity index (χ1v) is 11.9. The maximum Gasteiger partial charge on any atom is 0.253 e. The number of hydrogen-bond donors (Lipinski definition) is 0. The molecule has 33 heavy (non-hydrogen) atoms. The van der Waals surface area contributed by atoms with Crippen molar-refractivity contribution in [3.63, 3.8) is 0 Å². The van der Waals surface area contributed by atoms with Crippen molar-refractivity contribution in [2.75, 3.05) is 24.5 Å². The minimum atomic E-state index is -0.481. The molecule has 0 bridgehead atoms. The largest absolute Gasteiger partial charge is 0.365 e. The molecule has 170 valence electrons. The molecule has 2 aromatic carbocycles. The number of likely N-dealkylation sites (tertiary alicyclic amines) is 1. The molecule has 0 saturated carbocycles. The topological polar surface area (TPSA) is 49.3 Å². The summed E-state index contributed by atoms with van der Waals surface area (Å²) in [7, 11) is 0. The van der Waals surface area contributed by atoms with Gasteiger partial charge in [0.05, 0.1) is 22.1 Å². The Labute approximate surface area is 202 Å². The fourth-order valence-corrected chi connectivity index (χ4v) is 5.00. The summed E-state index contributed by atoms with van der Waals surface area (Å²) in [5.41, 5.74) is 4.69. The first-order valence-electron chi connectivity index (χ1n) is 11.1. The summed E-state index contributed by atoms with van der Waals surface area (Å²) in [6.07, 6.45) is 3.88. The van der Waals surface area contributed by atoms with Crippen LogP contribution in [0.1, 0.15) is 40.9 Å². The minimum Gasteiger partial charge on any atom is -0.365 e. The monoisotopic (exact) mass is 484 g/mol. The first kappa shape index (κ1) is 22.1. The number of carbonyl (C=O) groups excluding carboxylic acids is 1. The van der Waals surface area contributed by atoms with Crippen molar-refractivity contribution in [1.29, 1.82) is 0 Å². The Balaban J connectivity index is 1.42. The highest BCUT2D eigenvalue weighted by Crippen LogP contribution is 2.34. The average molecular weight is 485 g/mol. The van der Waals surface area contributed by atoms with Crippen molar-refractivity contribution in [2.45, 2.75) is 32.2 Å². The van der Waals surface area contributed by atoms with E-state index in [1.54, 1.807) is 0 Å². The maximum absolute atomic E-state index is 14.0. The molecule has 1 fully saturated rings. The summed E-state index contributed by atoms with van der Waals surface area (Å²) < 4.78 is 14.0. The molecule has 1 aromatic heterocycles. The Morgan fingerprint density at radius 2 is 1.73 bits per heavy atom. The van der Waals surface area contributed by atoms with Gasteiger partial charge in [-0.15, -0.1) is 0 Å². The number of benzene rings is 2. The van der Waals surface area contributed by atoms with E-state index in [4.69, 9.17) is 23.2 Å². The molecular formula is C25H23Cl2FN4O. The SMILES string of the molecule is O=C(c1ccc(-c2cc3c(nn2)CCCN3Cc2c(Cl)ccc(F)c2Cl)cc1)N1CCCC1. The van der Waals surface area contributed by atoms with E-state index in [0.29, 0.717) is 22.7 Å². The van der Waals surface area contributed by atoms with Gasteiger partial charge in [-0.2, -0.15) is 10.2 Å². The van der Waals surface area contributed by atoms with Crippen molar-refractivity contribution in [2.24, 2.45) is 0 Å². The zero-order chi connectivity index (χ0) is 22.9. The second-order valence-corrected chi connectivity index (χ2v) is 9.27. The van der Waals surface area contributed by atoms with Crippen molar-refractivity contribution in [1.82, 2.24) is 15.1 Å². The molecule has 1 saturated heterocycles.